The summed E-state index contributed by atoms with van der Waals surface area (Å²) in [4.78, 5) is 4.53. The molecule has 1 aromatic heterocycles. The molecule has 7 nitrogen and oxygen atoms in total. The Labute approximate surface area is 152 Å². The molecular formula is C19H22N4O3. The molecule has 0 fully saturated rings. The van der Waals surface area contributed by atoms with Gasteiger partial charge in [0.2, 0.25) is 0 Å². The number of rotatable bonds is 7. The number of H-pyrrole nitrogens is 1. The van der Waals surface area contributed by atoms with Gasteiger partial charge in [0, 0.05) is 5.56 Å². The summed E-state index contributed by atoms with van der Waals surface area (Å²) in [5, 5.41) is 7.20. The number of aromatic amines is 1. The highest BCUT2D eigenvalue weighted by Gasteiger charge is 2.16. The Kier molecular flexibility index (Phi) is 5.38. The van der Waals surface area contributed by atoms with E-state index in [4.69, 9.17) is 19.9 Å². The zero-order valence-corrected chi connectivity index (χ0v) is 15.0. The third-order valence-corrected chi connectivity index (χ3v) is 3.99. The second-order valence-corrected chi connectivity index (χ2v) is 5.59. The number of nitrogens with two attached hydrogens (primary N) is 1. The van der Waals surface area contributed by atoms with Gasteiger partial charge in [0.1, 0.15) is 11.6 Å². The molecule has 136 valence electrons. The maximum Gasteiger partial charge on any atom is 0.181 e. The van der Waals surface area contributed by atoms with Crippen LogP contribution in [0, 0.1) is 0 Å². The Morgan fingerprint density at radius 1 is 1.04 bits per heavy atom. The Morgan fingerprint density at radius 2 is 1.81 bits per heavy atom. The summed E-state index contributed by atoms with van der Waals surface area (Å²) in [6.45, 7) is 2.49. The van der Waals surface area contributed by atoms with Crippen LogP contribution in [0.3, 0.4) is 0 Å². The fourth-order valence-corrected chi connectivity index (χ4v) is 2.59. The lowest BCUT2D eigenvalue weighted by atomic mass is 10.1. The fourth-order valence-electron chi connectivity index (χ4n) is 2.59. The van der Waals surface area contributed by atoms with Gasteiger partial charge in [-0.25, -0.2) is 4.98 Å². The van der Waals surface area contributed by atoms with Crippen molar-refractivity contribution in [2.45, 2.75) is 13.0 Å². The molecule has 2 aromatic carbocycles. The summed E-state index contributed by atoms with van der Waals surface area (Å²) in [6.07, 6.45) is 0. The molecule has 0 amide bonds. The minimum atomic E-state index is -0.410. The molecule has 26 heavy (non-hydrogen) atoms. The third-order valence-electron chi connectivity index (χ3n) is 3.99. The first kappa shape index (κ1) is 17.8. The minimum absolute atomic E-state index is 0.410. The van der Waals surface area contributed by atoms with Crippen LogP contribution < -0.4 is 19.9 Å². The van der Waals surface area contributed by atoms with Gasteiger partial charge >= 0.3 is 0 Å². The molecule has 0 aliphatic carbocycles. The number of methoxy groups -OCH3 is 2. The first-order chi connectivity index (χ1) is 12.7. The molecule has 0 saturated heterocycles. The molecule has 0 radical (unpaired) electrons. The maximum absolute atomic E-state index is 6.30. The van der Waals surface area contributed by atoms with E-state index in [1.165, 1.54) is 0 Å². The van der Waals surface area contributed by atoms with Crippen molar-refractivity contribution in [3.63, 3.8) is 0 Å². The van der Waals surface area contributed by atoms with Crippen molar-refractivity contribution in [2.75, 3.05) is 20.8 Å². The van der Waals surface area contributed by atoms with E-state index in [0.29, 0.717) is 29.8 Å². The molecule has 0 unspecified atom stereocenters. The van der Waals surface area contributed by atoms with Crippen molar-refractivity contribution in [2.24, 2.45) is 5.73 Å². The lowest BCUT2D eigenvalue weighted by Gasteiger charge is -2.10. The molecule has 0 spiro atoms. The van der Waals surface area contributed by atoms with Crippen LogP contribution in [0.1, 0.15) is 24.4 Å². The molecule has 3 N–H and O–H groups in total. The number of nitrogens with zero attached hydrogens (tertiary/aromatic N) is 2. The molecular weight excluding hydrogens is 332 g/mol. The average molecular weight is 354 g/mol. The van der Waals surface area contributed by atoms with Crippen LogP contribution in [0.15, 0.2) is 42.5 Å². The predicted octanol–water partition coefficient (Wildman–Crippen LogP) is 2.94. The monoisotopic (exact) mass is 354 g/mol. The van der Waals surface area contributed by atoms with Crippen molar-refractivity contribution in [1.29, 1.82) is 0 Å². The second kappa shape index (κ2) is 7.88. The number of hydrogen-bond donors (Lipinski definition) is 2. The highest BCUT2D eigenvalue weighted by molar-refractivity contribution is 5.61. The standard InChI is InChI=1S/C19H22N4O3/c1-4-26-15-10-7-13(11-16(15)25-3)18-21-19(23-22-18)17(20)12-5-8-14(24-2)9-6-12/h5-11,17H,4,20H2,1-3H3,(H,21,22,23)/t17-/m1/s1. The third kappa shape index (κ3) is 3.62. The van der Waals surface area contributed by atoms with Gasteiger partial charge < -0.3 is 19.9 Å². The minimum Gasteiger partial charge on any atom is -0.497 e. The van der Waals surface area contributed by atoms with Crippen LogP contribution in [0.25, 0.3) is 11.4 Å². The highest BCUT2D eigenvalue weighted by atomic mass is 16.5. The quantitative estimate of drug-likeness (QED) is 0.677. The smallest absolute Gasteiger partial charge is 0.181 e. The first-order valence-corrected chi connectivity index (χ1v) is 8.29. The zero-order chi connectivity index (χ0) is 18.5. The van der Waals surface area contributed by atoms with Crippen LogP contribution in [0.4, 0.5) is 0 Å². The molecule has 7 heteroatoms. The fraction of sp³-hybridized carbons (Fsp3) is 0.263. The van der Waals surface area contributed by atoms with E-state index in [1.807, 2.05) is 49.4 Å². The van der Waals surface area contributed by atoms with E-state index in [0.717, 1.165) is 16.9 Å². The summed E-state index contributed by atoms with van der Waals surface area (Å²) in [5.41, 5.74) is 8.03. The zero-order valence-electron chi connectivity index (χ0n) is 15.0. The number of hydrogen-bond acceptors (Lipinski definition) is 6. The SMILES string of the molecule is CCOc1ccc(-c2n[nH]c([C@H](N)c3ccc(OC)cc3)n2)cc1OC. The lowest BCUT2D eigenvalue weighted by Crippen LogP contribution is -2.13. The van der Waals surface area contributed by atoms with Gasteiger partial charge in [-0.15, -0.1) is 0 Å². The molecule has 0 aliphatic rings. The van der Waals surface area contributed by atoms with Gasteiger partial charge in [0.25, 0.3) is 0 Å². The van der Waals surface area contributed by atoms with Gasteiger partial charge in [-0.05, 0) is 42.8 Å². The highest BCUT2D eigenvalue weighted by Crippen LogP contribution is 2.31. The number of benzene rings is 2. The average Bonchev–Trinajstić information content (AvgIpc) is 3.18. The van der Waals surface area contributed by atoms with Crippen molar-refractivity contribution in [3.8, 4) is 28.6 Å². The van der Waals surface area contributed by atoms with Crippen molar-refractivity contribution in [3.05, 3.63) is 53.9 Å². The largest absolute Gasteiger partial charge is 0.497 e. The van der Waals surface area contributed by atoms with E-state index in [2.05, 4.69) is 15.2 Å². The van der Waals surface area contributed by atoms with Crippen LogP contribution in [0.2, 0.25) is 0 Å². The van der Waals surface area contributed by atoms with E-state index in [-0.39, 0.29) is 0 Å². The van der Waals surface area contributed by atoms with Gasteiger partial charge in [0.15, 0.2) is 17.3 Å². The maximum atomic E-state index is 6.30. The summed E-state index contributed by atoms with van der Waals surface area (Å²) in [7, 11) is 3.23. The molecule has 3 aromatic rings. The summed E-state index contributed by atoms with van der Waals surface area (Å²) in [5.74, 6) is 3.23. The second-order valence-electron chi connectivity index (χ2n) is 5.59. The summed E-state index contributed by atoms with van der Waals surface area (Å²) in [6, 6.07) is 12.7. The van der Waals surface area contributed by atoms with Gasteiger partial charge in [-0.2, -0.15) is 5.10 Å². The lowest BCUT2D eigenvalue weighted by molar-refractivity contribution is 0.311. The van der Waals surface area contributed by atoms with Crippen LogP contribution in [-0.2, 0) is 0 Å². The van der Waals surface area contributed by atoms with Gasteiger partial charge in [-0.3, -0.25) is 5.10 Å². The Bertz CT molecular complexity index is 861. The molecule has 1 atom stereocenters. The molecule has 3 rings (SSSR count). The Hall–Kier alpha value is -3.06. The summed E-state index contributed by atoms with van der Waals surface area (Å²) < 4.78 is 16.1. The molecule has 0 aliphatic heterocycles. The molecule has 0 bridgehead atoms. The van der Waals surface area contributed by atoms with E-state index in [1.54, 1.807) is 14.2 Å². The number of aromatic nitrogens is 3. The molecule has 1 heterocycles. The van der Waals surface area contributed by atoms with E-state index >= 15 is 0 Å². The van der Waals surface area contributed by atoms with E-state index in [9.17, 15) is 0 Å². The summed E-state index contributed by atoms with van der Waals surface area (Å²) >= 11 is 0. The van der Waals surface area contributed by atoms with Crippen molar-refractivity contribution < 1.29 is 14.2 Å². The van der Waals surface area contributed by atoms with Crippen molar-refractivity contribution >= 4 is 0 Å². The Morgan fingerprint density at radius 3 is 2.46 bits per heavy atom. The predicted molar refractivity (Wildman–Crippen MR) is 98.6 cm³/mol. The number of nitrogens with one attached hydrogen (secondary N) is 1. The van der Waals surface area contributed by atoms with Gasteiger partial charge in [-0.1, -0.05) is 12.1 Å². The van der Waals surface area contributed by atoms with Crippen LogP contribution >= 0.6 is 0 Å². The topological polar surface area (TPSA) is 95.3 Å². The van der Waals surface area contributed by atoms with E-state index < -0.39 is 6.04 Å². The number of ether oxygens (including phenoxy) is 3. The Balaban J connectivity index is 1.84. The molecule has 0 saturated carbocycles. The van der Waals surface area contributed by atoms with Crippen LogP contribution in [-0.4, -0.2) is 36.0 Å². The normalized spacial score (nSPS) is 11.8. The van der Waals surface area contributed by atoms with Gasteiger partial charge in [0.05, 0.1) is 26.9 Å². The first-order valence-electron chi connectivity index (χ1n) is 8.29. The van der Waals surface area contributed by atoms with Crippen molar-refractivity contribution in [1.82, 2.24) is 15.2 Å². The van der Waals surface area contributed by atoms with Crippen LogP contribution in [0.5, 0.6) is 17.2 Å².